The van der Waals surface area contributed by atoms with Gasteiger partial charge in [0.15, 0.2) is 16.9 Å². The summed E-state index contributed by atoms with van der Waals surface area (Å²) in [5.41, 5.74) is 10.5. The zero-order chi connectivity index (χ0) is 27.1. The second-order valence-electron chi connectivity index (χ2n) is 9.34. The Hall–Kier alpha value is -4.60. The van der Waals surface area contributed by atoms with Gasteiger partial charge >= 0.3 is 6.01 Å². The molecule has 0 fully saturated rings. The number of benzene rings is 1. The number of nitrogens with two attached hydrogens (primary N) is 1. The molecule has 0 bridgehead atoms. The normalized spacial score (nSPS) is 13.0. The molecular weight excluding hydrogens is 487 g/mol. The summed E-state index contributed by atoms with van der Waals surface area (Å²) in [6.07, 6.45) is -1.25. The van der Waals surface area contributed by atoms with Gasteiger partial charge in [-0.15, -0.1) is 5.10 Å². The monoisotopic (exact) mass is 514 g/mol. The molecule has 3 N–H and O–H groups in total. The van der Waals surface area contributed by atoms with Crippen molar-refractivity contribution in [2.75, 3.05) is 11.1 Å². The molecule has 38 heavy (non-hydrogen) atoms. The maximum Gasteiger partial charge on any atom is 0.313 e. The van der Waals surface area contributed by atoms with Crippen molar-refractivity contribution in [3.8, 4) is 23.0 Å². The van der Waals surface area contributed by atoms with Crippen LogP contribution in [0.25, 0.3) is 34.0 Å². The first kappa shape index (κ1) is 25.1. The number of fused-ring (bicyclic) bond motifs is 1. The lowest BCUT2D eigenvalue weighted by Crippen LogP contribution is -2.13. The maximum absolute atomic E-state index is 14.0. The van der Waals surface area contributed by atoms with Crippen molar-refractivity contribution in [3.63, 3.8) is 0 Å². The topological polar surface area (TPSA) is 133 Å². The largest absolute Gasteiger partial charge is 0.454 e. The summed E-state index contributed by atoms with van der Waals surface area (Å²) in [4.78, 5) is 22.4. The third-order valence-corrected chi connectivity index (χ3v) is 6.32. The molecule has 1 aromatic carbocycles. The number of rotatable bonds is 6. The highest BCUT2D eigenvalue weighted by atomic mass is 19.1. The molecule has 0 aliphatic rings. The second kappa shape index (κ2) is 9.70. The van der Waals surface area contributed by atoms with Crippen LogP contribution in [-0.2, 0) is 0 Å². The molecule has 0 aliphatic heterocycles. The van der Waals surface area contributed by atoms with Gasteiger partial charge in [-0.25, -0.2) is 14.4 Å². The minimum Gasteiger partial charge on any atom is -0.454 e. The molecular formula is C28H27FN6O3. The highest BCUT2D eigenvalue weighted by molar-refractivity contribution is 5.84. The maximum atomic E-state index is 14.0. The van der Waals surface area contributed by atoms with Crippen molar-refractivity contribution >= 4 is 22.7 Å². The number of alkyl halides is 1. The fourth-order valence-electron chi connectivity index (χ4n) is 4.41. The van der Waals surface area contributed by atoms with Gasteiger partial charge in [-0.2, -0.15) is 0 Å². The Balaban J connectivity index is 1.64. The molecule has 10 heteroatoms. The predicted octanol–water partition coefficient (Wildman–Crippen LogP) is 6.01. The fraction of sp³-hybridized carbons (Fsp3) is 0.250. The number of hydrogen-bond donors (Lipinski definition) is 2. The standard InChI is InChI=1S/C28H27FN6O3/c1-13-11-18(17(5)32-21-10-9-14(2)31-23(21)27-34-35-28(30)38-27)26-19(12-13)24(36)15(3)25(37-26)22-8-6-7-20(33-22)16(4)29/h6-12,16-17,32H,1-5H3,(H2,30,35). The third kappa shape index (κ3) is 4.60. The summed E-state index contributed by atoms with van der Waals surface area (Å²) in [6.45, 7) is 8.84. The van der Waals surface area contributed by atoms with E-state index < -0.39 is 6.17 Å². The number of hydrogen-bond acceptors (Lipinski definition) is 9. The number of nitrogens with one attached hydrogen (secondary N) is 1. The first-order valence-electron chi connectivity index (χ1n) is 12.1. The Labute approximate surface area is 218 Å². The molecule has 0 radical (unpaired) electrons. The van der Waals surface area contributed by atoms with Crippen LogP contribution < -0.4 is 16.5 Å². The zero-order valence-corrected chi connectivity index (χ0v) is 21.7. The van der Waals surface area contributed by atoms with E-state index in [2.05, 4.69) is 25.5 Å². The molecule has 0 spiro atoms. The Morgan fingerprint density at radius 1 is 1.00 bits per heavy atom. The zero-order valence-electron chi connectivity index (χ0n) is 21.7. The average molecular weight is 515 g/mol. The number of aryl methyl sites for hydroxylation is 2. The minimum atomic E-state index is -1.25. The number of nitrogen functional groups attached to an aromatic ring is 1. The van der Waals surface area contributed by atoms with E-state index in [0.29, 0.717) is 39.4 Å². The van der Waals surface area contributed by atoms with Gasteiger partial charge in [-0.05, 0) is 70.5 Å². The van der Waals surface area contributed by atoms with E-state index in [4.69, 9.17) is 14.6 Å². The van der Waals surface area contributed by atoms with E-state index in [1.54, 1.807) is 25.1 Å². The lowest BCUT2D eigenvalue weighted by molar-refractivity contribution is 0.366. The third-order valence-electron chi connectivity index (χ3n) is 6.32. The van der Waals surface area contributed by atoms with Crippen molar-refractivity contribution in [2.24, 2.45) is 0 Å². The second-order valence-corrected chi connectivity index (χ2v) is 9.34. The van der Waals surface area contributed by atoms with Crippen molar-refractivity contribution < 1.29 is 13.2 Å². The van der Waals surface area contributed by atoms with E-state index in [1.165, 1.54) is 6.92 Å². The SMILES string of the molecule is Cc1cc(C(C)Nc2ccc(C)nc2-c2nnc(N)o2)c2oc(-c3cccc(C(C)F)n3)c(C)c(=O)c2c1. The van der Waals surface area contributed by atoms with Crippen LogP contribution in [0.1, 0.15) is 54.1 Å². The van der Waals surface area contributed by atoms with Crippen LogP contribution in [0.2, 0.25) is 0 Å². The van der Waals surface area contributed by atoms with Gasteiger partial charge in [0.25, 0.3) is 5.89 Å². The van der Waals surface area contributed by atoms with E-state index in [1.807, 2.05) is 45.0 Å². The lowest BCUT2D eigenvalue weighted by Gasteiger charge is -2.20. The van der Waals surface area contributed by atoms with E-state index in [9.17, 15) is 9.18 Å². The predicted molar refractivity (Wildman–Crippen MR) is 143 cm³/mol. The molecule has 4 heterocycles. The summed E-state index contributed by atoms with van der Waals surface area (Å²) in [6, 6.07) is 12.1. The summed E-state index contributed by atoms with van der Waals surface area (Å²) in [7, 11) is 0. The first-order chi connectivity index (χ1) is 18.1. The van der Waals surface area contributed by atoms with Gasteiger partial charge in [-0.3, -0.25) is 4.79 Å². The highest BCUT2D eigenvalue weighted by Gasteiger charge is 2.22. The van der Waals surface area contributed by atoms with Gasteiger partial charge in [0.2, 0.25) is 0 Å². The molecule has 9 nitrogen and oxygen atoms in total. The number of aromatic nitrogens is 4. The first-order valence-corrected chi connectivity index (χ1v) is 12.1. The molecule has 2 atom stereocenters. The van der Waals surface area contributed by atoms with Gasteiger partial charge in [-0.1, -0.05) is 17.2 Å². The lowest BCUT2D eigenvalue weighted by atomic mass is 9.99. The smallest absolute Gasteiger partial charge is 0.313 e. The molecule has 5 aromatic rings. The van der Waals surface area contributed by atoms with Crippen molar-refractivity contribution in [3.05, 3.63) is 80.8 Å². The van der Waals surface area contributed by atoms with Crippen molar-refractivity contribution in [1.29, 1.82) is 0 Å². The summed E-state index contributed by atoms with van der Waals surface area (Å²) in [5, 5.41) is 11.6. The molecule has 0 saturated carbocycles. The molecule has 5 rings (SSSR count). The van der Waals surface area contributed by atoms with Crippen LogP contribution in [0.3, 0.4) is 0 Å². The van der Waals surface area contributed by atoms with Gasteiger partial charge < -0.3 is 19.9 Å². The summed E-state index contributed by atoms with van der Waals surface area (Å²) in [5.74, 6) is 0.494. The van der Waals surface area contributed by atoms with Crippen LogP contribution in [0, 0.1) is 20.8 Å². The van der Waals surface area contributed by atoms with Crippen LogP contribution in [-0.4, -0.2) is 20.2 Å². The van der Waals surface area contributed by atoms with Crippen molar-refractivity contribution in [1.82, 2.24) is 20.2 Å². The Bertz CT molecular complexity index is 1730. The van der Waals surface area contributed by atoms with E-state index in [0.717, 1.165) is 16.8 Å². The van der Waals surface area contributed by atoms with Crippen LogP contribution in [0.5, 0.6) is 0 Å². The van der Waals surface area contributed by atoms with Gasteiger partial charge in [0.1, 0.15) is 17.4 Å². The number of pyridine rings is 2. The van der Waals surface area contributed by atoms with E-state index in [-0.39, 0.29) is 29.1 Å². The van der Waals surface area contributed by atoms with Gasteiger partial charge in [0.05, 0.1) is 22.8 Å². The number of halogens is 1. The fourth-order valence-corrected chi connectivity index (χ4v) is 4.41. The molecule has 0 aliphatic carbocycles. The van der Waals surface area contributed by atoms with Crippen LogP contribution >= 0.6 is 0 Å². The highest BCUT2D eigenvalue weighted by Crippen LogP contribution is 2.34. The van der Waals surface area contributed by atoms with Gasteiger partial charge in [0, 0.05) is 16.8 Å². The van der Waals surface area contributed by atoms with E-state index >= 15 is 0 Å². The van der Waals surface area contributed by atoms with Crippen LogP contribution in [0.15, 0.2) is 56.1 Å². The summed E-state index contributed by atoms with van der Waals surface area (Å²) < 4.78 is 25.8. The molecule has 194 valence electrons. The Morgan fingerprint density at radius 2 is 1.79 bits per heavy atom. The van der Waals surface area contributed by atoms with Crippen molar-refractivity contribution in [2.45, 2.75) is 46.8 Å². The molecule has 4 aromatic heterocycles. The summed E-state index contributed by atoms with van der Waals surface area (Å²) >= 11 is 0. The molecule has 0 amide bonds. The molecule has 2 unspecified atom stereocenters. The molecule has 0 saturated heterocycles. The minimum absolute atomic E-state index is 0.0588. The number of anilines is 2. The number of nitrogens with zero attached hydrogens (tertiary/aromatic N) is 4. The van der Waals surface area contributed by atoms with Crippen LogP contribution in [0.4, 0.5) is 16.1 Å². The Kier molecular flexibility index (Phi) is 6.40. The average Bonchev–Trinajstić information content (AvgIpc) is 3.33. The Morgan fingerprint density at radius 3 is 2.50 bits per heavy atom. The quantitative estimate of drug-likeness (QED) is 0.279.